The van der Waals surface area contributed by atoms with Gasteiger partial charge < -0.3 is 10.6 Å². The molecule has 0 saturated heterocycles. The van der Waals surface area contributed by atoms with E-state index < -0.39 is 0 Å². The summed E-state index contributed by atoms with van der Waals surface area (Å²) in [5, 5.41) is 6.14. The SMILES string of the molecule is CCCCNC(=O)c1ccc(NC(=O)c2cccc(Cl)c2)cc1. The van der Waals surface area contributed by atoms with Crippen LogP contribution < -0.4 is 10.6 Å². The van der Waals surface area contributed by atoms with Gasteiger partial charge in [-0.05, 0) is 48.9 Å². The molecular formula is C18H19ClN2O2. The first-order valence-electron chi connectivity index (χ1n) is 7.55. The summed E-state index contributed by atoms with van der Waals surface area (Å²) in [7, 11) is 0. The van der Waals surface area contributed by atoms with E-state index in [9.17, 15) is 9.59 Å². The van der Waals surface area contributed by atoms with Crippen LogP contribution in [0.5, 0.6) is 0 Å². The van der Waals surface area contributed by atoms with Crippen molar-refractivity contribution in [1.82, 2.24) is 5.32 Å². The van der Waals surface area contributed by atoms with Gasteiger partial charge in [0.15, 0.2) is 0 Å². The molecule has 120 valence electrons. The number of nitrogens with one attached hydrogen (secondary N) is 2. The summed E-state index contributed by atoms with van der Waals surface area (Å²) in [5.41, 5.74) is 1.68. The Kier molecular flexibility index (Phi) is 6.18. The molecule has 5 heteroatoms. The number of anilines is 1. The molecule has 2 N–H and O–H groups in total. The zero-order valence-corrected chi connectivity index (χ0v) is 13.7. The molecule has 0 spiro atoms. The number of carbonyl (C=O) groups excluding carboxylic acids is 2. The fourth-order valence-electron chi connectivity index (χ4n) is 2.02. The minimum absolute atomic E-state index is 0.105. The molecule has 0 heterocycles. The van der Waals surface area contributed by atoms with Gasteiger partial charge in [-0.2, -0.15) is 0 Å². The maximum atomic E-state index is 12.1. The summed E-state index contributed by atoms with van der Waals surface area (Å²) in [6.07, 6.45) is 1.99. The Hall–Kier alpha value is -2.33. The average Bonchev–Trinajstić information content (AvgIpc) is 2.55. The van der Waals surface area contributed by atoms with E-state index in [1.54, 1.807) is 48.5 Å². The molecular weight excluding hydrogens is 312 g/mol. The van der Waals surface area contributed by atoms with E-state index in [1.807, 2.05) is 0 Å². The highest BCUT2D eigenvalue weighted by Crippen LogP contribution is 2.14. The van der Waals surface area contributed by atoms with Gasteiger partial charge >= 0.3 is 0 Å². The maximum absolute atomic E-state index is 12.1. The molecule has 0 bridgehead atoms. The molecule has 2 amide bonds. The molecule has 0 unspecified atom stereocenters. The second-order valence-electron chi connectivity index (χ2n) is 5.15. The Morgan fingerprint density at radius 1 is 1.00 bits per heavy atom. The quantitative estimate of drug-likeness (QED) is 0.783. The third-order valence-corrected chi connectivity index (χ3v) is 3.54. The van der Waals surface area contributed by atoms with Crippen LogP contribution in [-0.2, 0) is 0 Å². The van der Waals surface area contributed by atoms with Crippen LogP contribution in [0.2, 0.25) is 5.02 Å². The van der Waals surface area contributed by atoms with Crippen LogP contribution in [0.25, 0.3) is 0 Å². The van der Waals surface area contributed by atoms with Crippen LogP contribution in [0.15, 0.2) is 48.5 Å². The third kappa shape index (κ3) is 5.11. The first-order valence-corrected chi connectivity index (χ1v) is 7.93. The van der Waals surface area contributed by atoms with Crippen LogP contribution in [0.1, 0.15) is 40.5 Å². The van der Waals surface area contributed by atoms with Gasteiger partial charge in [-0.3, -0.25) is 9.59 Å². The highest BCUT2D eigenvalue weighted by atomic mass is 35.5. The predicted octanol–water partition coefficient (Wildman–Crippen LogP) is 4.12. The molecule has 4 nitrogen and oxygen atoms in total. The molecule has 0 fully saturated rings. The van der Waals surface area contributed by atoms with E-state index >= 15 is 0 Å². The number of halogens is 1. The predicted molar refractivity (Wildman–Crippen MR) is 93.1 cm³/mol. The highest BCUT2D eigenvalue weighted by Gasteiger charge is 2.08. The number of carbonyl (C=O) groups is 2. The van der Waals surface area contributed by atoms with Crippen molar-refractivity contribution in [2.75, 3.05) is 11.9 Å². The van der Waals surface area contributed by atoms with Gasteiger partial charge in [0.2, 0.25) is 0 Å². The van der Waals surface area contributed by atoms with Crippen molar-refractivity contribution in [2.45, 2.75) is 19.8 Å². The van der Waals surface area contributed by atoms with Crippen molar-refractivity contribution in [3.8, 4) is 0 Å². The van der Waals surface area contributed by atoms with E-state index in [0.29, 0.717) is 28.4 Å². The Labute approximate surface area is 140 Å². The van der Waals surface area contributed by atoms with Gasteiger partial charge in [0.25, 0.3) is 11.8 Å². The summed E-state index contributed by atoms with van der Waals surface area (Å²) in [5.74, 6) is -0.348. The molecule has 0 aliphatic carbocycles. The lowest BCUT2D eigenvalue weighted by Gasteiger charge is -2.07. The van der Waals surface area contributed by atoms with Crippen molar-refractivity contribution in [2.24, 2.45) is 0 Å². The standard InChI is InChI=1S/C18H19ClN2O2/c1-2-3-11-20-17(22)13-7-9-16(10-8-13)21-18(23)14-5-4-6-15(19)12-14/h4-10,12H,2-3,11H2,1H3,(H,20,22)(H,21,23). The summed E-state index contributed by atoms with van der Waals surface area (Å²) in [6.45, 7) is 2.74. The highest BCUT2D eigenvalue weighted by molar-refractivity contribution is 6.31. The number of rotatable bonds is 6. The minimum atomic E-state index is -0.243. The van der Waals surface area contributed by atoms with Crippen molar-refractivity contribution < 1.29 is 9.59 Å². The van der Waals surface area contributed by atoms with Crippen molar-refractivity contribution in [3.63, 3.8) is 0 Å². The van der Waals surface area contributed by atoms with E-state index in [0.717, 1.165) is 12.8 Å². The molecule has 2 aromatic rings. The van der Waals surface area contributed by atoms with Gasteiger partial charge in [0, 0.05) is 28.4 Å². The zero-order valence-electron chi connectivity index (χ0n) is 12.9. The number of hydrogen-bond acceptors (Lipinski definition) is 2. The first-order chi connectivity index (χ1) is 11.1. The van der Waals surface area contributed by atoms with Crippen LogP contribution >= 0.6 is 11.6 Å². The van der Waals surface area contributed by atoms with Crippen molar-refractivity contribution >= 4 is 29.1 Å². The second kappa shape index (κ2) is 8.34. The molecule has 2 rings (SSSR count). The average molecular weight is 331 g/mol. The molecule has 0 saturated carbocycles. The molecule has 0 aliphatic rings. The van der Waals surface area contributed by atoms with E-state index in [2.05, 4.69) is 17.6 Å². The van der Waals surface area contributed by atoms with Gasteiger partial charge in [-0.1, -0.05) is 31.0 Å². The van der Waals surface area contributed by atoms with Gasteiger partial charge in [0.1, 0.15) is 0 Å². The summed E-state index contributed by atoms with van der Waals surface area (Å²) in [4.78, 5) is 24.0. The first kappa shape index (κ1) is 17.0. The summed E-state index contributed by atoms with van der Waals surface area (Å²) in [6, 6.07) is 13.5. The number of hydrogen-bond donors (Lipinski definition) is 2. The minimum Gasteiger partial charge on any atom is -0.352 e. The monoisotopic (exact) mass is 330 g/mol. The van der Waals surface area contributed by atoms with Crippen LogP contribution in [0.3, 0.4) is 0 Å². The van der Waals surface area contributed by atoms with Crippen LogP contribution in [0, 0.1) is 0 Å². The maximum Gasteiger partial charge on any atom is 0.255 e. The largest absolute Gasteiger partial charge is 0.352 e. The summed E-state index contributed by atoms with van der Waals surface area (Å²) >= 11 is 5.88. The normalized spacial score (nSPS) is 10.2. The van der Waals surface area contributed by atoms with E-state index in [-0.39, 0.29) is 11.8 Å². The smallest absolute Gasteiger partial charge is 0.255 e. The molecule has 0 aliphatic heterocycles. The Morgan fingerprint density at radius 3 is 2.39 bits per heavy atom. The third-order valence-electron chi connectivity index (χ3n) is 3.31. The molecule has 0 atom stereocenters. The Bertz CT molecular complexity index is 684. The topological polar surface area (TPSA) is 58.2 Å². The Morgan fingerprint density at radius 2 is 1.74 bits per heavy atom. The number of unbranched alkanes of at least 4 members (excludes halogenated alkanes) is 1. The van der Waals surface area contributed by atoms with Crippen LogP contribution in [-0.4, -0.2) is 18.4 Å². The van der Waals surface area contributed by atoms with Crippen molar-refractivity contribution in [3.05, 3.63) is 64.7 Å². The molecule has 2 aromatic carbocycles. The molecule has 23 heavy (non-hydrogen) atoms. The second-order valence-corrected chi connectivity index (χ2v) is 5.59. The van der Waals surface area contributed by atoms with Gasteiger partial charge in [-0.15, -0.1) is 0 Å². The van der Waals surface area contributed by atoms with E-state index in [1.165, 1.54) is 0 Å². The fourth-order valence-corrected chi connectivity index (χ4v) is 2.21. The molecule has 0 aromatic heterocycles. The fraction of sp³-hybridized carbons (Fsp3) is 0.222. The lowest BCUT2D eigenvalue weighted by molar-refractivity contribution is 0.0952. The lowest BCUT2D eigenvalue weighted by Crippen LogP contribution is -2.24. The molecule has 0 radical (unpaired) electrons. The van der Waals surface area contributed by atoms with E-state index in [4.69, 9.17) is 11.6 Å². The van der Waals surface area contributed by atoms with Gasteiger partial charge in [0.05, 0.1) is 0 Å². The van der Waals surface area contributed by atoms with Crippen molar-refractivity contribution in [1.29, 1.82) is 0 Å². The Balaban J connectivity index is 1.97. The zero-order chi connectivity index (χ0) is 16.7. The number of benzene rings is 2. The van der Waals surface area contributed by atoms with Gasteiger partial charge in [-0.25, -0.2) is 0 Å². The summed E-state index contributed by atoms with van der Waals surface area (Å²) < 4.78 is 0. The number of amides is 2. The lowest BCUT2D eigenvalue weighted by atomic mass is 10.1. The van der Waals surface area contributed by atoms with Crippen LogP contribution in [0.4, 0.5) is 5.69 Å².